The van der Waals surface area contributed by atoms with Crippen LogP contribution in [0.25, 0.3) is 0 Å². The van der Waals surface area contributed by atoms with Gasteiger partial charge in [0, 0.05) is 12.1 Å². The lowest BCUT2D eigenvalue weighted by atomic mass is 10.1. The van der Waals surface area contributed by atoms with E-state index >= 15 is 0 Å². The molecule has 0 aromatic carbocycles. The van der Waals surface area contributed by atoms with Crippen molar-refractivity contribution in [2.45, 2.75) is 39.2 Å². The largest absolute Gasteiger partial charge is 0.304 e. The molecule has 1 rings (SSSR count). The zero-order valence-corrected chi connectivity index (χ0v) is 9.32. The van der Waals surface area contributed by atoms with Crippen LogP contribution in [0.1, 0.15) is 39.2 Å². The lowest BCUT2D eigenvalue weighted by Gasteiger charge is -2.19. The zero-order valence-electron chi connectivity index (χ0n) is 9.32. The lowest BCUT2D eigenvalue weighted by molar-refractivity contribution is 0.126. The normalized spacial score (nSPS) is 14.4. The summed E-state index contributed by atoms with van der Waals surface area (Å²) in [5.41, 5.74) is 1.19. The van der Waals surface area contributed by atoms with Gasteiger partial charge in [-0.25, -0.2) is 5.90 Å². The van der Waals surface area contributed by atoms with Crippen molar-refractivity contribution < 1.29 is 4.84 Å². The van der Waals surface area contributed by atoms with Gasteiger partial charge in [0.25, 0.3) is 0 Å². The van der Waals surface area contributed by atoms with Crippen molar-refractivity contribution in [3.8, 4) is 0 Å². The second-order valence-electron chi connectivity index (χ2n) is 4.62. The van der Waals surface area contributed by atoms with Crippen molar-refractivity contribution in [1.29, 1.82) is 0 Å². The quantitative estimate of drug-likeness (QED) is 0.749. The zero-order chi connectivity index (χ0) is 10.8. The molecule has 2 N–H and O–H groups in total. The Hall–Kier alpha value is -0.870. The van der Waals surface area contributed by atoms with Crippen molar-refractivity contribution >= 4 is 0 Å². The predicted octanol–water partition coefficient (Wildman–Crippen LogP) is 1.63. The summed E-state index contributed by atoms with van der Waals surface area (Å²) < 4.78 is 1.95. The first-order chi connectivity index (χ1) is 6.45. The first-order valence-electron chi connectivity index (χ1n) is 4.82. The first-order valence-corrected chi connectivity index (χ1v) is 4.82. The maximum atomic E-state index is 5.03. The van der Waals surface area contributed by atoms with E-state index in [1.807, 2.05) is 17.1 Å². The molecule has 0 aliphatic rings. The molecule has 1 aromatic heterocycles. The van der Waals surface area contributed by atoms with Crippen LogP contribution in [0, 0.1) is 0 Å². The molecule has 0 radical (unpaired) electrons. The number of nitrogens with two attached hydrogens (primary N) is 1. The van der Waals surface area contributed by atoms with Gasteiger partial charge in [0.05, 0.1) is 18.3 Å². The molecule has 0 bridgehead atoms. The van der Waals surface area contributed by atoms with E-state index in [4.69, 9.17) is 5.90 Å². The third kappa shape index (κ3) is 2.56. The van der Waals surface area contributed by atoms with Crippen LogP contribution in [0.3, 0.4) is 0 Å². The second-order valence-corrected chi connectivity index (χ2v) is 4.62. The van der Waals surface area contributed by atoms with E-state index in [9.17, 15) is 0 Å². The first kappa shape index (κ1) is 11.2. The van der Waals surface area contributed by atoms with E-state index in [-0.39, 0.29) is 11.5 Å². The van der Waals surface area contributed by atoms with E-state index in [1.165, 1.54) is 0 Å². The highest BCUT2D eigenvalue weighted by Gasteiger charge is 2.16. The van der Waals surface area contributed by atoms with Crippen LogP contribution < -0.4 is 5.90 Å². The fourth-order valence-electron chi connectivity index (χ4n) is 1.20. The van der Waals surface area contributed by atoms with Gasteiger partial charge in [-0.15, -0.1) is 0 Å². The van der Waals surface area contributed by atoms with Crippen LogP contribution in [0.2, 0.25) is 0 Å². The maximum Gasteiger partial charge on any atom is 0.0746 e. The standard InChI is InChI=1S/C10H19N3O/c1-8(7-14-11)9-5-12-13(6-9)10(2,3)4/h5-6,8H,7,11H2,1-4H3. The molecule has 4 heteroatoms. The summed E-state index contributed by atoms with van der Waals surface area (Å²) in [5.74, 6) is 5.32. The highest BCUT2D eigenvalue weighted by molar-refractivity contribution is 5.11. The third-order valence-corrected chi connectivity index (χ3v) is 2.21. The number of rotatable bonds is 3. The summed E-state index contributed by atoms with van der Waals surface area (Å²) >= 11 is 0. The topological polar surface area (TPSA) is 53.1 Å². The Labute approximate surface area is 85.0 Å². The SMILES string of the molecule is CC(CON)c1cnn(C(C)(C)C)c1. The van der Waals surface area contributed by atoms with Crippen LogP contribution >= 0.6 is 0 Å². The predicted molar refractivity (Wildman–Crippen MR) is 55.8 cm³/mol. The summed E-state index contributed by atoms with van der Waals surface area (Å²) in [6.07, 6.45) is 3.92. The second kappa shape index (κ2) is 4.11. The molecule has 0 aliphatic heterocycles. The van der Waals surface area contributed by atoms with Gasteiger partial charge in [-0.3, -0.25) is 4.68 Å². The molecule has 0 saturated carbocycles. The van der Waals surface area contributed by atoms with Crippen molar-refractivity contribution in [3.05, 3.63) is 18.0 Å². The summed E-state index contributed by atoms with van der Waals surface area (Å²) in [4.78, 5) is 4.62. The monoisotopic (exact) mass is 197 g/mol. The van der Waals surface area contributed by atoms with Crippen molar-refractivity contribution in [1.82, 2.24) is 9.78 Å². The molecule has 1 heterocycles. The molecule has 4 nitrogen and oxygen atoms in total. The minimum Gasteiger partial charge on any atom is -0.304 e. The molecule has 0 aliphatic carbocycles. The third-order valence-electron chi connectivity index (χ3n) is 2.21. The molecule has 0 fully saturated rings. The maximum absolute atomic E-state index is 5.03. The van der Waals surface area contributed by atoms with Gasteiger partial charge < -0.3 is 4.84 Å². The molecule has 0 spiro atoms. The van der Waals surface area contributed by atoms with Crippen molar-refractivity contribution in [3.63, 3.8) is 0 Å². The van der Waals surface area contributed by atoms with E-state index in [1.54, 1.807) is 0 Å². The minimum atomic E-state index is 0.0293. The Kier molecular flexibility index (Phi) is 3.29. The summed E-state index contributed by atoms with van der Waals surface area (Å²) in [6.45, 7) is 8.95. The van der Waals surface area contributed by atoms with Gasteiger partial charge in [0.2, 0.25) is 0 Å². The van der Waals surface area contributed by atoms with Gasteiger partial charge in [0.15, 0.2) is 0 Å². The molecule has 1 aromatic rings. The highest BCUT2D eigenvalue weighted by Crippen LogP contribution is 2.18. The average Bonchev–Trinajstić information content (AvgIpc) is 2.51. The van der Waals surface area contributed by atoms with Gasteiger partial charge in [-0.05, 0) is 26.3 Å². The summed E-state index contributed by atoms with van der Waals surface area (Å²) in [7, 11) is 0. The van der Waals surface area contributed by atoms with E-state index in [0.29, 0.717) is 6.61 Å². The Morgan fingerprint density at radius 3 is 2.64 bits per heavy atom. The number of nitrogens with zero attached hydrogens (tertiary/aromatic N) is 2. The summed E-state index contributed by atoms with van der Waals surface area (Å²) in [6, 6.07) is 0. The number of hydrogen-bond donors (Lipinski definition) is 1. The molecule has 0 saturated heterocycles. The highest BCUT2D eigenvalue weighted by atomic mass is 16.6. The Morgan fingerprint density at radius 1 is 1.57 bits per heavy atom. The molecule has 1 unspecified atom stereocenters. The van der Waals surface area contributed by atoms with Gasteiger partial charge in [0.1, 0.15) is 0 Å². The fourth-order valence-corrected chi connectivity index (χ4v) is 1.20. The fraction of sp³-hybridized carbons (Fsp3) is 0.700. The van der Waals surface area contributed by atoms with Crippen LogP contribution in [-0.4, -0.2) is 16.4 Å². The Morgan fingerprint density at radius 2 is 2.21 bits per heavy atom. The Balaban J connectivity index is 2.78. The summed E-state index contributed by atoms with van der Waals surface area (Å²) in [5, 5.41) is 4.31. The van der Waals surface area contributed by atoms with Crippen LogP contribution in [0.5, 0.6) is 0 Å². The van der Waals surface area contributed by atoms with Crippen LogP contribution in [0.4, 0.5) is 0 Å². The van der Waals surface area contributed by atoms with E-state index in [2.05, 4.69) is 37.6 Å². The number of aromatic nitrogens is 2. The molecule has 1 atom stereocenters. The van der Waals surface area contributed by atoms with Gasteiger partial charge >= 0.3 is 0 Å². The molecular formula is C10H19N3O. The molecule has 80 valence electrons. The molecule has 14 heavy (non-hydrogen) atoms. The van der Waals surface area contributed by atoms with E-state index < -0.39 is 0 Å². The Bertz CT molecular complexity index is 288. The lowest BCUT2D eigenvalue weighted by Crippen LogP contribution is -2.22. The smallest absolute Gasteiger partial charge is 0.0746 e. The average molecular weight is 197 g/mol. The van der Waals surface area contributed by atoms with Gasteiger partial charge in [-0.2, -0.15) is 5.10 Å². The van der Waals surface area contributed by atoms with Crippen molar-refractivity contribution in [2.24, 2.45) is 5.90 Å². The van der Waals surface area contributed by atoms with E-state index in [0.717, 1.165) is 5.56 Å². The minimum absolute atomic E-state index is 0.0293. The van der Waals surface area contributed by atoms with Gasteiger partial charge in [-0.1, -0.05) is 6.92 Å². The van der Waals surface area contributed by atoms with Crippen LogP contribution in [-0.2, 0) is 10.4 Å². The molecular weight excluding hydrogens is 178 g/mol. The van der Waals surface area contributed by atoms with Crippen LogP contribution in [0.15, 0.2) is 12.4 Å². The molecule has 0 amide bonds. The van der Waals surface area contributed by atoms with Crippen molar-refractivity contribution in [2.75, 3.05) is 6.61 Å². The number of hydrogen-bond acceptors (Lipinski definition) is 3.